The number of sulfonamides is 1. The lowest BCUT2D eigenvalue weighted by Gasteiger charge is -2.30. The molecule has 1 aliphatic heterocycles. The van der Waals surface area contributed by atoms with Gasteiger partial charge in [0.05, 0.1) is 0 Å². The molecule has 0 aromatic carbocycles. The summed E-state index contributed by atoms with van der Waals surface area (Å²) in [5.74, 6) is 1.15. The van der Waals surface area contributed by atoms with Crippen molar-refractivity contribution in [2.75, 3.05) is 18.4 Å². The highest BCUT2D eigenvalue weighted by molar-refractivity contribution is 9.09. The third-order valence-electron chi connectivity index (χ3n) is 3.60. The molecule has 0 amide bonds. The van der Waals surface area contributed by atoms with Crippen LogP contribution in [0.5, 0.6) is 0 Å². The van der Waals surface area contributed by atoms with Gasteiger partial charge in [-0.25, -0.2) is 13.4 Å². The van der Waals surface area contributed by atoms with Crippen molar-refractivity contribution in [2.45, 2.75) is 38.3 Å². The molecule has 1 unspecified atom stereocenters. The molecule has 108 valence electrons. The first-order valence-corrected chi connectivity index (χ1v) is 9.15. The van der Waals surface area contributed by atoms with E-state index >= 15 is 0 Å². The normalized spacial score (nSPS) is 21.7. The predicted molar refractivity (Wildman–Crippen MR) is 77.9 cm³/mol. The number of aryl methyl sites for hydroxylation is 2. The molecule has 1 aromatic rings. The molecule has 2 heterocycles. The van der Waals surface area contributed by atoms with E-state index in [1.54, 1.807) is 10.5 Å². The van der Waals surface area contributed by atoms with Gasteiger partial charge in [0, 0.05) is 31.2 Å². The lowest BCUT2D eigenvalue weighted by Crippen LogP contribution is -2.40. The van der Waals surface area contributed by atoms with Crippen LogP contribution in [-0.2, 0) is 16.6 Å². The Kier molecular flexibility index (Phi) is 4.68. The Morgan fingerprint density at radius 2 is 2.26 bits per heavy atom. The van der Waals surface area contributed by atoms with Gasteiger partial charge in [-0.3, -0.25) is 0 Å². The molecule has 2 rings (SSSR count). The van der Waals surface area contributed by atoms with Crippen LogP contribution in [0.1, 0.15) is 25.6 Å². The number of hydrogen-bond donors (Lipinski definition) is 0. The molecule has 5 nitrogen and oxygen atoms in total. The zero-order valence-corrected chi connectivity index (χ0v) is 13.7. The zero-order chi connectivity index (χ0) is 14.0. The molecule has 1 aliphatic rings. The van der Waals surface area contributed by atoms with Crippen LogP contribution in [0, 0.1) is 12.8 Å². The van der Waals surface area contributed by atoms with Crippen molar-refractivity contribution in [1.82, 2.24) is 13.9 Å². The molecule has 1 saturated heterocycles. The monoisotopic (exact) mass is 349 g/mol. The number of imidazole rings is 1. The first-order chi connectivity index (χ1) is 8.98. The Labute approximate surface area is 123 Å². The third-order valence-corrected chi connectivity index (χ3v) is 6.25. The van der Waals surface area contributed by atoms with Gasteiger partial charge in [-0.15, -0.1) is 0 Å². The van der Waals surface area contributed by atoms with Crippen molar-refractivity contribution in [2.24, 2.45) is 5.92 Å². The van der Waals surface area contributed by atoms with Crippen LogP contribution in [0.15, 0.2) is 11.2 Å². The van der Waals surface area contributed by atoms with Gasteiger partial charge in [0.2, 0.25) is 0 Å². The number of nitrogens with zero attached hydrogens (tertiary/aromatic N) is 3. The minimum atomic E-state index is -3.44. The second kappa shape index (κ2) is 5.93. The second-order valence-corrected chi connectivity index (χ2v) is 7.47. The summed E-state index contributed by atoms with van der Waals surface area (Å²) in [6, 6.07) is 0. The first kappa shape index (κ1) is 15.0. The van der Waals surface area contributed by atoms with E-state index < -0.39 is 10.0 Å². The van der Waals surface area contributed by atoms with Gasteiger partial charge < -0.3 is 4.57 Å². The number of piperidine rings is 1. The van der Waals surface area contributed by atoms with Crippen LogP contribution < -0.4 is 0 Å². The molecule has 1 atom stereocenters. The van der Waals surface area contributed by atoms with E-state index in [0.29, 0.717) is 19.0 Å². The van der Waals surface area contributed by atoms with Crippen LogP contribution in [0.2, 0.25) is 0 Å². The molecular weight excluding hydrogens is 330 g/mol. The standard InChI is InChI=1S/C12H20BrN3O2S/c1-3-15-9-12(14-10(15)2)19(17,18)16-6-4-5-11(7-13)8-16/h9,11H,3-8H2,1-2H3. The van der Waals surface area contributed by atoms with Gasteiger partial charge in [-0.05, 0) is 32.6 Å². The zero-order valence-electron chi connectivity index (χ0n) is 11.3. The van der Waals surface area contributed by atoms with Gasteiger partial charge in [0.1, 0.15) is 5.82 Å². The first-order valence-electron chi connectivity index (χ1n) is 6.59. The smallest absolute Gasteiger partial charge is 0.262 e. The van der Waals surface area contributed by atoms with Gasteiger partial charge >= 0.3 is 0 Å². The van der Waals surface area contributed by atoms with E-state index in [2.05, 4.69) is 20.9 Å². The molecule has 0 bridgehead atoms. The fourth-order valence-corrected chi connectivity index (χ4v) is 4.50. The lowest BCUT2D eigenvalue weighted by atomic mass is 10.0. The highest BCUT2D eigenvalue weighted by Crippen LogP contribution is 2.24. The summed E-state index contributed by atoms with van der Waals surface area (Å²) in [4.78, 5) is 4.20. The second-order valence-electron chi connectivity index (χ2n) is 4.94. The summed E-state index contributed by atoms with van der Waals surface area (Å²) in [6.07, 6.45) is 3.64. The average Bonchev–Trinajstić information content (AvgIpc) is 2.80. The molecule has 7 heteroatoms. The Hall–Kier alpha value is -0.400. The van der Waals surface area contributed by atoms with E-state index in [4.69, 9.17) is 0 Å². The summed E-state index contributed by atoms with van der Waals surface area (Å²) in [5, 5.41) is 1.03. The maximum absolute atomic E-state index is 12.6. The van der Waals surface area contributed by atoms with E-state index in [1.165, 1.54) is 0 Å². The summed E-state index contributed by atoms with van der Waals surface area (Å²) < 4.78 is 28.6. The highest BCUT2D eigenvalue weighted by atomic mass is 79.9. The van der Waals surface area contributed by atoms with Crippen molar-refractivity contribution in [1.29, 1.82) is 0 Å². The van der Waals surface area contributed by atoms with E-state index in [0.717, 1.165) is 30.5 Å². The molecule has 1 aromatic heterocycles. The van der Waals surface area contributed by atoms with Crippen molar-refractivity contribution in [3.8, 4) is 0 Å². The summed E-state index contributed by atoms with van der Waals surface area (Å²) in [7, 11) is -3.44. The fraction of sp³-hybridized carbons (Fsp3) is 0.750. The van der Waals surface area contributed by atoms with Crippen LogP contribution in [0.3, 0.4) is 0 Å². The van der Waals surface area contributed by atoms with Gasteiger partial charge in [0.25, 0.3) is 10.0 Å². The fourth-order valence-electron chi connectivity index (χ4n) is 2.43. The minimum absolute atomic E-state index is 0.182. The van der Waals surface area contributed by atoms with E-state index in [1.807, 2.05) is 18.4 Å². The molecule has 0 radical (unpaired) electrons. The molecule has 0 aliphatic carbocycles. The Morgan fingerprint density at radius 3 is 2.84 bits per heavy atom. The summed E-state index contributed by atoms with van der Waals surface area (Å²) in [6.45, 7) is 5.74. The van der Waals surface area contributed by atoms with Crippen LogP contribution in [0.25, 0.3) is 0 Å². The maximum Gasteiger partial charge on any atom is 0.262 e. The maximum atomic E-state index is 12.6. The number of rotatable bonds is 4. The lowest BCUT2D eigenvalue weighted by molar-refractivity contribution is 0.285. The summed E-state index contributed by atoms with van der Waals surface area (Å²) in [5.41, 5.74) is 0. The quantitative estimate of drug-likeness (QED) is 0.781. The molecule has 0 saturated carbocycles. The third kappa shape index (κ3) is 3.03. The Bertz CT molecular complexity index is 541. The van der Waals surface area contributed by atoms with Gasteiger partial charge in [0.15, 0.2) is 5.03 Å². The Balaban J connectivity index is 2.25. The average molecular weight is 350 g/mol. The minimum Gasteiger partial charge on any atom is -0.334 e. The van der Waals surface area contributed by atoms with E-state index in [9.17, 15) is 8.42 Å². The van der Waals surface area contributed by atoms with Crippen molar-refractivity contribution in [3.63, 3.8) is 0 Å². The topological polar surface area (TPSA) is 55.2 Å². The number of halogens is 1. The van der Waals surface area contributed by atoms with E-state index in [-0.39, 0.29) is 5.03 Å². The van der Waals surface area contributed by atoms with Gasteiger partial charge in [-0.2, -0.15) is 4.31 Å². The summed E-state index contributed by atoms with van der Waals surface area (Å²) >= 11 is 3.45. The number of aromatic nitrogens is 2. The van der Waals surface area contributed by atoms with Crippen LogP contribution in [-0.4, -0.2) is 40.7 Å². The molecule has 0 N–H and O–H groups in total. The molecule has 0 spiro atoms. The molecular formula is C12H20BrN3O2S. The van der Waals surface area contributed by atoms with Crippen LogP contribution >= 0.6 is 15.9 Å². The largest absolute Gasteiger partial charge is 0.334 e. The Morgan fingerprint density at radius 1 is 1.53 bits per heavy atom. The van der Waals surface area contributed by atoms with Crippen molar-refractivity contribution in [3.05, 3.63) is 12.0 Å². The molecule has 19 heavy (non-hydrogen) atoms. The SMILES string of the molecule is CCn1cc(S(=O)(=O)N2CCCC(CBr)C2)nc1C. The van der Waals surface area contributed by atoms with Gasteiger partial charge in [-0.1, -0.05) is 15.9 Å². The number of alkyl halides is 1. The predicted octanol–water partition coefficient (Wildman–Crippen LogP) is 2.01. The van der Waals surface area contributed by atoms with Crippen molar-refractivity contribution >= 4 is 26.0 Å². The van der Waals surface area contributed by atoms with Crippen LogP contribution in [0.4, 0.5) is 0 Å². The van der Waals surface area contributed by atoms with Crippen molar-refractivity contribution < 1.29 is 8.42 Å². The highest BCUT2D eigenvalue weighted by Gasteiger charge is 2.31. The molecule has 1 fully saturated rings. The number of hydrogen-bond acceptors (Lipinski definition) is 3.